The molecule has 0 spiro atoms. The van der Waals surface area contributed by atoms with Gasteiger partial charge >= 0.3 is 5.69 Å². The van der Waals surface area contributed by atoms with Crippen molar-refractivity contribution >= 4 is 11.6 Å². The number of nitro groups is 1. The molecule has 86 valence electrons. The Balaban J connectivity index is 3.00. The first kappa shape index (κ1) is 11.9. The maximum Gasteiger partial charge on any atom is 0.320 e. The van der Waals surface area contributed by atoms with Crippen LogP contribution in [0.25, 0.3) is 0 Å². The van der Waals surface area contributed by atoms with Crippen molar-refractivity contribution in [3.63, 3.8) is 0 Å². The van der Waals surface area contributed by atoms with Gasteiger partial charge < -0.3 is 5.32 Å². The monoisotopic (exact) mass is 224 g/mol. The van der Waals surface area contributed by atoms with Gasteiger partial charge in [0.15, 0.2) is 0 Å². The lowest BCUT2D eigenvalue weighted by molar-refractivity contribution is -0.385. The summed E-state index contributed by atoms with van der Waals surface area (Å²) in [5, 5.41) is 17.0. The molecule has 1 heterocycles. The molecule has 0 aliphatic carbocycles. The van der Waals surface area contributed by atoms with Gasteiger partial charge in [0.1, 0.15) is 6.20 Å². The Morgan fingerprint density at radius 3 is 3.00 bits per heavy atom. The predicted molar refractivity (Wildman–Crippen MR) is 57.1 cm³/mol. The van der Waals surface area contributed by atoms with Crippen LogP contribution in [0.5, 0.6) is 0 Å². The zero-order valence-corrected chi connectivity index (χ0v) is 8.84. The summed E-state index contributed by atoms with van der Waals surface area (Å²) in [6.45, 7) is 5.92. The summed E-state index contributed by atoms with van der Waals surface area (Å²) < 4.78 is 1.35. The predicted octanol–water partition coefficient (Wildman–Crippen LogP) is 0.727. The molecule has 16 heavy (non-hydrogen) atoms. The standard InChI is InChI=1S/C9H12N4O3/c1-3-5-10-9(14)8-7(13(15)16)6-12(4-2)11-8/h3,6H,1,4-5H2,2H3,(H,10,14). The van der Waals surface area contributed by atoms with Gasteiger partial charge in [0.05, 0.1) is 4.92 Å². The van der Waals surface area contributed by atoms with Crippen molar-refractivity contribution in [2.45, 2.75) is 13.5 Å². The lowest BCUT2D eigenvalue weighted by atomic mass is 10.3. The summed E-state index contributed by atoms with van der Waals surface area (Å²) in [6, 6.07) is 0. The summed E-state index contributed by atoms with van der Waals surface area (Å²) in [4.78, 5) is 21.6. The fourth-order valence-electron chi connectivity index (χ4n) is 1.12. The molecule has 0 aliphatic rings. The van der Waals surface area contributed by atoms with Crippen LogP contribution in [0.2, 0.25) is 0 Å². The van der Waals surface area contributed by atoms with Crippen molar-refractivity contribution in [1.82, 2.24) is 15.1 Å². The average molecular weight is 224 g/mol. The Morgan fingerprint density at radius 1 is 1.81 bits per heavy atom. The number of aromatic nitrogens is 2. The fraction of sp³-hybridized carbons (Fsp3) is 0.333. The Morgan fingerprint density at radius 2 is 2.50 bits per heavy atom. The van der Waals surface area contributed by atoms with Crippen LogP contribution in [0, 0.1) is 10.1 Å². The number of carbonyl (C=O) groups excluding carboxylic acids is 1. The lowest BCUT2D eigenvalue weighted by Crippen LogP contribution is -2.24. The minimum atomic E-state index is -0.623. The summed E-state index contributed by atoms with van der Waals surface area (Å²) in [6.07, 6.45) is 2.73. The first-order chi connectivity index (χ1) is 7.60. The van der Waals surface area contributed by atoms with E-state index in [4.69, 9.17) is 0 Å². The third-order valence-corrected chi connectivity index (χ3v) is 1.89. The number of amides is 1. The molecule has 7 nitrogen and oxygen atoms in total. The average Bonchev–Trinajstić information content (AvgIpc) is 2.70. The molecule has 1 aromatic heterocycles. The second-order valence-electron chi connectivity index (χ2n) is 2.97. The van der Waals surface area contributed by atoms with Gasteiger partial charge in [0.25, 0.3) is 5.91 Å². The van der Waals surface area contributed by atoms with E-state index in [2.05, 4.69) is 17.0 Å². The maximum absolute atomic E-state index is 11.5. The number of carbonyl (C=O) groups is 1. The van der Waals surface area contributed by atoms with Gasteiger partial charge in [0, 0.05) is 13.1 Å². The molecule has 0 aliphatic heterocycles. The van der Waals surface area contributed by atoms with E-state index in [0.29, 0.717) is 6.54 Å². The number of nitrogens with zero attached hydrogens (tertiary/aromatic N) is 3. The van der Waals surface area contributed by atoms with Gasteiger partial charge in [-0.3, -0.25) is 19.6 Å². The fourth-order valence-corrected chi connectivity index (χ4v) is 1.12. The van der Waals surface area contributed by atoms with Crippen molar-refractivity contribution in [1.29, 1.82) is 0 Å². The normalized spacial score (nSPS) is 9.81. The molecule has 0 saturated carbocycles. The Hall–Kier alpha value is -2.18. The summed E-state index contributed by atoms with van der Waals surface area (Å²) in [7, 11) is 0. The highest BCUT2D eigenvalue weighted by Gasteiger charge is 2.24. The van der Waals surface area contributed by atoms with Crippen LogP contribution in [0.1, 0.15) is 17.4 Å². The summed E-state index contributed by atoms with van der Waals surface area (Å²) in [5.41, 5.74) is -0.461. The third-order valence-electron chi connectivity index (χ3n) is 1.89. The molecular formula is C9H12N4O3. The lowest BCUT2D eigenvalue weighted by Gasteiger charge is -1.97. The summed E-state index contributed by atoms with van der Waals surface area (Å²) >= 11 is 0. The van der Waals surface area contributed by atoms with E-state index in [9.17, 15) is 14.9 Å². The summed E-state index contributed by atoms with van der Waals surface area (Å²) in [5.74, 6) is -0.571. The van der Waals surface area contributed by atoms with Gasteiger partial charge in [-0.05, 0) is 6.92 Å². The van der Waals surface area contributed by atoms with E-state index in [1.165, 1.54) is 17.0 Å². The Bertz CT molecular complexity index is 424. The van der Waals surface area contributed by atoms with E-state index in [-0.39, 0.29) is 17.9 Å². The van der Waals surface area contributed by atoms with Crippen molar-refractivity contribution in [3.05, 3.63) is 34.7 Å². The van der Waals surface area contributed by atoms with Crippen LogP contribution in [0.4, 0.5) is 5.69 Å². The highest BCUT2D eigenvalue weighted by molar-refractivity contribution is 5.96. The molecule has 1 amide bonds. The molecule has 0 aromatic carbocycles. The number of hydrogen-bond acceptors (Lipinski definition) is 4. The van der Waals surface area contributed by atoms with Crippen LogP contribution >= 0.6 is 0 Å². The van der Waals surface area contributed by atoms with Crippen molar-refractivity contribution in [3.8, 4) is 0 Å². The maximum atomic E-state index is 11.5. The zero-order chi connectivity index (χ0) is 12.1. The minimum absolute atomic E-state index is 0.172. The van der Waals surface area contributed by atoms with Gasteiger partial charge in [-0.2, -0.15) is 5.10 Å². The zero-order valence-electron chi connectivity index (χ0n) is 8.84. The third kappa shape index (κ3) is 2.44. The second-order valence-corrected chi connectivity index (χ2v) is 2.97. The van der Waals surface area contributed by atoms with Crippen molar-refractivity contribution in [2.75, 3.05) is 6.54 Å². The van der Waals surface area contributed by atoms with Crippen LogP contribution in [0.3, 0.4) is 0 Å². The topological polar surface area (TPSA) is 90.1 Å². The van der Waals surface area contributed by atoms with Gasteiger partial charge in [0.2, 0.25) is 5.69 Å². The van der Waals surface area contributed by atoms with E-state index in [1.54, 1.807) is 6.92 Å². The SMILES string of the molecule is C=CCNC(=O)c1nn(CC)cc1[N+](=O)[O-]. The molecule has 1 aromatic rings. The number of aryl methyl sites for hydroxylation is 1. The van der Waals surface area contributed by atoms with Gasteiger partial charge in [-0.25, -0.2) is 0 Å². The highest BCUT2D eigenvalue weighted by Crippen LogP contribution is 2.16. The molecular weight excluding hydrogens is 212 g/mol. The van der Waals surface area contributed by atoms with E-state index in [0.717, 1.165) is 0 Å². The second kappa shape index (κ2) is 5.06. The van der Waals surface area contributed by atoms with Gasteiger partial charge in [-0.15, -0.1) is 6.58 Å². The van der Waals surface area contributed by atoms with Crippen LogP contribution in [0.15, 0.2) is 18.9 Å². The van der Waals surface area contributed by atoms with E-state index in [1.807, 2.05) is 0 Å². The quantitative estimate of drug-likeness (QED) is 0.453. The van der Waals surface area contributed by atoms with Crippen molar-refractivity contribution < 1.29 is 9.72 Å². The number of nitrogens with one attached hydrogen (secondary N) is 1. The minimum Gasteiger partial charge on any atom is -0.347 e. The molecule has 1 N–H and O–H groups in total. The molecule has 0 fully saturated rings. The number of rotatable bonds is 5. The molecule has 0 saturated heterocycles. The Kier molecular flexibility index (Phi) is 3.76. The van der Waals surface area contributed by atoms with Crippen molar-refractivity contribution in [2.24, 2.45) is 0 Å². The molecule has 1 rings (SSSR count). The van der Waals surface area contributed by atoms with Crippen LogP contribution in [-0.2, 0) is 6.54 Å². The van der Waals surface area contributed by atoms with E-state index < -0.39 is 10.8 Å². The largest absolute Gasteiger partial charge is 0.347 e. The Labute approximate surface area is 91.9 Å². The molecule has 7 heteroatoms. The van der Waals surface area contributed by atoms with Crippen LogP contribution in [-0.4, -0.2) is 27.2 Å². The number of hydrogen-bond donors (Lipinski definition) is 1. The molecule has 0 unspecified atom stereocenters. The van der Waals surface area contributed by atoms with E-state index >= 15 is 0 Å². The first-order valence-electron chi connectivity index (χ1n) is 4.71. The molecule has 0 bridgehead atoms. The smallest absolute Gasteiger partial charge is 0.320 e. The molecule has 0 atom stereocenters. The van der Waals surface area contributed by atoms with Crippen LogP contribution < -0.4 is 5.32 Å². The van der Waals surface area contributed by atoms with Gasteiger partial charge in [-0.1, -0.05) is 6.08 Å². The highest BCUT2D eigenvalue weighted by atomic mass is 16.6. The molecule has 0 radical (unpaired) electrons. The first-order valence-corrected chi connectivity index (χ1v) is 4.71.